The fraction of sp³-hybridized carbons (Fsp3) is 0.250. The number of imidazole rings is 1. The van der Waals surface area contributed by atoms with Crippen LogP contribution in [0.5, 0.6) is 0 Å². The number of nitrogens with two attached hydrogens (primary N) is 1. The summed E-state index contributed by atoms with van der Waals surface area (Å²) < 4.78 is 0. The largest absolute Gasteiger partial charge is 0.397 e. The second-order valence-electron chi connectivity index (χ2n) is 4.10. The average Bonchev–Trinajstić information content (AvgIpc) is 2.90. The number of aromatic nitrogens is 2. The predicted molar refractivity (Wildman–Crippen MR) is 64.2 cm³/mol. The number of aromatic amines is 1. The fourth-order valence-electron chi connectivity index (χ4n) is 2.30. The Morgan fingerprint density at radius 3 is 3.19 bits per heavy atom. The van der Waals surface area contributed by atoms with E-state index < -0.39 is 0 Å². The summed E-state index contributed by atoms with van der Waals surface area (Å²) in [5.41, 5.74) is 10.6. The Kier molecular flexibility index (Phi) is 2.06. The molecule has 0 saturated carbocycles. The number of nitrogens with one attached hydrogen (secondary N) is 1. The van der Waals surface area contributed by atoms with Crippen LogP contribution in [0.4, 0.5) is 11.4 Å². The summed E-state index contributed by atoms with van der Waals surface area (Å²) in [5.74, 6) is 0. The monoisotopic (exact) mass is 214 g/mol. The van der Waals surface area contributed by atoms with Crippen LogP contribution >= 0.6 is 0 Å². The Bertz CT molecular complexity index is 490. The highest BCUT2D eigenvalue weighted by Gasteiger charge is 2.21. The third-order valence-corrected chi connectivity index (χ3v) is 3.03. The molecule has 4 nitrogen and oxygen atoms in total. The van der Waals surface area contributed by atoms with Gasteiger partial charge in [-0.2, -0.15) is 0 Å². The molecule has 0 aliphatic carbocycles. The molecule has 0 bridgehead atoms. The Morgan fingerprint density at radius 1 is 1.44 bits per heavy atom. The number of hydrogen-bond donors (Lipinski definition) is 2. The SMILES string of the molecule is Nc1cccc2c1N(Cc1cnc[nH]1)CC2. The van der Waals surface area contributed by atoms with E-state index >= 15 is 0 Å². The van der Waals surface area contributed by atoms with Crippen molar-refractivity contribution in [2.75, 3.05) is 17.2 Å². The minimum Gasteiger partial charge on any atom is -0.397 e. The van der Waals surface area contributed by atoms with Gasteiger partial charge in [-0.05, 0) is 18.1 Å². The topological polar surface area (TPSA) is 57.9 Å². The van der Waals surface area contributed by atoms with E-state index in [1.807, 2.05) is 18.3 Å². The molecule has 3 N–H and O–H groups in total. The molecular formula is C12H14N4. The van der Waals surface area contributed by atoms with Gasteiger partial charge in [0, 0.05) is 12.7 Å². The van der Waals surface area contributed by atoms with Gasteiger partial charge in [0.25, 0.3) is 0 Å². The van der Waals surface area contributed by atoms with Crippen molar-refractivity contribution >= 4 is 11.4 Å². The van der Waals surface area contributed by atoms with Gasteiger partial charge in [0.1, 0.15) is 0 Å². The zero-order valence-corrected chi connectivity index (χ0v) is 8.98. The maximum absolute atomic E-state index is 6.02. The van der Waals surface area contributed by atoms with Crippen LogP contribution in [0.15, 0.2) is 30.7 Å². The minimum absolute atomic E-state index is 0.848. The summed E-state index contributed by atoms with van der Waals surface area (Å²) in [6.45, 7) is 1.88. The van der Waals surface area contributed by atoms with Crippen LogP contribution in [0.25, 0.3) is 0 Å². The number of fused-ring (bicyclic) bond motifs is 1. The summed E-state index contributed by atoms with van der Waals surface area (Å²) in [7, 11) is 0. The van der Waals surface area contributed by atoms with Crippen molar-refractivity contribution < 1.29 is 0 Å². The molecule has 3 rings (SSSR count). The number of nitrogen functional groups attached to an aromatic ring is 1. The Labute approximate surface area is 94.1 Å². The standard InChI is InChI=1S/C12H14N4/c13-11-3-1-2-9-4-5-16(12(9)11)7-10-6-14-8-15-10/h1-3,6,8H,4-5,7,13H2,(H,14,15). The van der Waals surface area contributed by atoms with Gasteiger partial charge in [0.15, 0.2) is 0 Å². The number of H-pyrrole nitrogens is 1. The van der Waals surface area contributed by atoms with E-state index in [-0.39, 0.29) is 0 Å². The second kappa shape index (κ2) is 3.56. The average molecular weight is 214 g/mol. The summed E-state index contributed by atoms with van der Waals surface area (Å²) in [5, 5.41) is 0. The second-order valence-corrected chi connectivity index (χ2v) is 4.10. The zero-order chi connectivity index (χ0) is 11.0. The molecule has 0 fully saturated rings. The summed E-state index contributed by atoms with van der Waals surface area (Å²) in [6.07, 6.45) is 4.65. The van der Waals surface area contributed by atoms with Crippen molar-refractivity contribution in [2.24, 2.45) is 0 Å². The van der Waals surface area contributed by atoms with Crippen LogP contribution in [0.1, 0.15) is 11.3 Å². The first-order valence-corrected chi connectivity index (χ1v) is 5.44. The van der Waals surface area contributed by atoms with Crippen LogP contribution in [0.3, 0.4) is 0 Å². The molecule has 0 unspecified atom stereocenters. The van der Waals surface area contributed by atoms with E-state index in [4.69, 9.17) is 5.73 Å². The third kappa shape index (κ3) is 1.43. The lowest BCUT2D eigenvalue weighted by atomic mass is 10.1. The van der Waals surface area contributed by atoms with E-state index in [0.717, 1.165) is 30.9 Å². The zero-order valence-electron chi connectivity index (χ0n) is 8.98. The van der Waals surface area contributed by atoms with Gasteiger partial charge in [-0.15, -0.1) is 0 Å². The molecule has 0 radical (unpaired) electrons. The Hall–Kier alpha value is -1.97. The smallest absolute Gasteiger partial charge is 0.0922 e. The normalized spacial score (nSPS) is 14.1. The summed E-state index contributed by atoms with van der Waals surface area (Å²) in [4.78, 5) is 9.45. The number of anilines is 2. The van der Waals surface area contributed by atoms with Crippen LogP contribution in [-0.4, -0.2) is 16.5 Å². The fourth-order valence-corrected chi connectivity index (χ4v) is 2.30. The molecule has 0 saturated heterocycles. The molecule has 16 heavy (non-hydrogen) atoms. The number of nitrogens with zero attached hydrogens (tertiary/aromatic N) is 2. The maximum Gasteiger partial charge on any atom is 0.0922 e. The maximum atomic E-state index is 6.02. The molecule has 1 aliphatic rings. The summed E-state index contributed by atoms with van der Waals surface area (Å²) >= 11 is 0. The van der Waals surface area contributed by atoms with Gasteiger partial charge in [-0.1, -0.05) is 12.1 Å². The van der Waals surface area contributed by atoms with Crippen molar-refractivity contribution in [3.8, 4) is 0 Å². The van der Waals surface area contributed by atoms with Crippen LogP contribution in [0, 0.1) is 0 Å². The van der Waals surface area contributed by atoms with Crippen LogP contribution in [0.2, 0.25) is 0 Å². The molecule has 4 heteroatoms. The molecule has 1 aliphatic heterocycles. The van der Waals surface area contributed by atoms with E-state index in [1.54, 1.807) is 6.33 Å². The molecule has 82 valence electrons. The number of hydrogen-bond acceptors (Lipinski definition) is 3. The molecule has 2 aromatic rings. The van der Waals surface area contributed by atoms with Gasteiger partial charge in [0.05, 0.1) is 29.9 Å². The number of benzene rings is 1. The molecule has 0 amide bonds. The first-order valence-electron chi connectivity index (χ1n) is 5.44. The lowest BCUT2D eigenvalue weighted by molar-refractivity contribution is 0.820. The van der Waals surface area contributed by atoms with Crippen molar-refractivity contribution in [2.45, 2.75) is 13.0 Å². The molecule has 1 aromatic heterocycles. The number of para-hydroxylation sites is 1. The molecule has 1 aromatic carbocycles. The quantitative estimate of drug-likeness (QED) is 0.746. The number of rotatable bonds is 2. The lowest BCUT2D eigenvalue weighted by Crippen LogP contribution is -2.20. The van der Waals surface area contributed by atoms with E-state index in [1.165, 1.54) is 11.3 Å². The van der Waals surface area contributed by atoms with Gasteiger partial charge >= 0.3 is 0 Å². The van der Waals surface area contributed by atoms with E-state index in [0.29, 0.717) is 0 Å². The third-order valence-electron chi connectivity index (χ3n) is 3.03. The Balaban J connectivity index is 1.91. The minimum atomic E-state index is 0.848. The first-order chi connectivity index (χ1) is 7.84. The molecule has 2 heterocycles. The first kappa shape index (κ1) is 9.27. The Morgan fingerprint density at radius 2 is 2.38 bits per heavy atom. The lowest BCUT2D eigenvalue weighted by Gasteiger charge is -2.19. The van der Waals surface area contributed by atoms with Gasteiger partial charge in [0.2, 0.25) is 0 Å². The van der Waals surface area contributed by atoms with Crippen LogP contribution in [-0.2, 0) is 13.0 Å². The molecular weight excluding hydrogens is 200 g/mol. The highest BCUT2D eigenvalue weighted by atomic mass is 15.2. The predicted octanol–water partition coefficient (Wildman–Crippen LogP) is 1.55. The van der Waals surface area contributed by atoms with Crippen molar-refractivity contribution in [1.29, 1.82) is 0 Å². The van der Waals surface area contributed by atoms with Crippen molar-refractivity contribution in [1.82, 2.24) is 9.97 Å². The van der Waals surface area contributed by atoms with Crippen molar-refractivity contribution in [3.63, 3.8) is 0 Å². The molecule has 0 spiro atoms. The highest BCUT2D eigenvalue weighted by Crippen LogP contribution is 2.34. The molecule has 0 atom stereocenters. The van der Waals surface area contributed by atoms with Gasteiger partial charge in [-0.25, -0.2) is 4.98 Å². The van der Waals surface area contributed by atoms with Gasteiger partial charge < -0.3 is 15.6 Å². The van der Waals surface area contributed by atoms with E-state index in [2.05, 4.69) is 20.9 Å². The van der Waals surface area contributed by atoms with Crippen LogP contribution < -0.4 is 10.6 Å². The highest BCUT2D eigenvalue weighted by molar-refractivity contribution is 5.74. The van der Waals surface area contributed by atoms with Gasteiger partial charge in [-0.3, -0.25) is 0 Å². The summed E-state index contributed by atoms with van der Waals surface area (Å²) in [6, 6.07) is 6.14. The van der Waals surface area contributed by atoms with Crippen molar-refractivity contribution in [3.05, 3.63) is 42.0 Å². The van der Waals surface area contributed by atoms with E-state index in [9.17, 15) is 0 Å².